The lowest BCUT2D eigenvalue weighted by Gasteiger charge is -2.39. The Morgan fingerprint density at radius 3 is 2.31 bits per heavy atom. The Balaban J connectivity index is 1.85. The second-order valence-corrected chi connectivity index (χ2v) is 9.14. The molecular formula is C27H32O5. The van der Waals surface area contributed by atoms with Crippen LogP contribution >= 0.6 is 0 Å². The molecule has 0 bridgehead atoms. The quantitative estimate of drug-likeness (QED) is 0.212. The minimum atomic E-state index is -0.850. The number of unbranched alkanes of at least 4 members (excludes halogenated alkanes) is 2. The van der Waals surface area contributed by atoms with Crippen LogP contribution in [-0.2, 0) is 16.0 Å². The van der Waals surface area contributed by atoms with Gasteiger partial charge >= 0.3 is 5.63 Å². The van der Waals surface area contributed by atoms with Crippen molar-refractivity contribution in [3.8, 4) is 16.9 Å². The van der Waals surface area contributed by atoms with Gasteiger partial charge in [-0.15, -0.1) is 0 Å². The Kier molecular flexibility index (Phi) is 7.07. The molecule has 0 atom stereocenters. The Morgan fingerprint density at radius 2 is 1.66 bits per heavy atom. The van der Waals surface area contributed by atoms with Crippen LogP contribution in [0.15, 0.2) is 57.7 Å². The first-order valence-electron chi connectivity index (χ1n) is 11.1. The van der Waals surface area contributed by atoms with Gasteiger partial charge in [-0.25, -0.2) is 4.79 Å². The minimum absolute atomic E-state index is 0.391. The molecule has 0 aliphatic carbocycles. The summed E-state index contributed by atoms with van der Waals surface area (Å²) in [5, 5.41) is 0.806. The highest BCUT2D eigenvalue weighted by Crippen LogP contribution is 2.32. The lowest BCUT2D eigenvalue weighted by molar-refractivity contribution is -0.161. The van der Waals surface area contributed by atoms with Gasteiger partial charge in [0.05, 0.1) is 5.56 Å². The summed E-state index contributed by atoms with van der Waals surface area (Å²) in [5.41, 5.74) is 1.05. The molecule has 0 spiro atoms. The largest absolute Gasteiger partial charge is 0.484 e. The lowest BCUT2D eigenvalue weighted by Crippen LogP contribution is -2.51. The van der Waals surface area contributed by atoms with Crippen molar-refractivity contribution in [2.45, 2.75) is 71.5 Å². The molecule has 1 aromatic heterocycles. The van der Waals surface area contributed by atoms with E-state index in [0.717, 1.165) is 17.4 Å². The van der Waals surface area contributed by atoms with E-state index in [1.54, 1.807) is 19.9 Å². The predicted octanol–water partition coefficient (Wildman–Crippen LogP) is 6.30. The van der Waals surface area contributed by atoms with Crippen molar-refractivity contribution < 1.29 is 18.7 Å². The predicted molar refractivity (Wildman–Crippen MR) is 127 cm³/mol. The van der Waals surface area contributed by atoms with Gasteiger partial charge in [-0.3, -0.25) is 4.79 Å². The Hall–Kier alpha value is -3.08. The highest BCUT2D eigenvalue weighted by Gasteiger charge is 2.41. The molecule has 5 nitrogen and oxygen atoms in total. The van der Waals surface area contributed by atoms with Crippen LogP contribution in [0.2, 0.25) is 0 Å². The summed E-state index contributed by atoms with van der Waals surface area (Å²) >= 11 is 0. The molecule has 170 valence electrons. The summed E-state index contributed by atoms with van der Waals surface area (Å²) in [6.07, 6.45) is 4.65. The second-order valence-electron chi connectivity index (χ2n) is 9.14. The van der Waals surface area contributed by atoms with Crippen molar-refractivity contribution in [2.75, 3.05) is 0 Å². The number of hydrogen-bond acceptors (Lipinski definition) is 5. The second kappa shape index (κ2) is 9.60. The zero-order valence-corrected chi connectivity index (χ0v) is 19.6. The van der Waals surface area contributed by atoms with Gasteiger partial charge < -0.3 is 13.9 Å². The molecule has 0 radical (unpaired) electrons. The third-order valence-electron chi connectivity index (χ3n) is 6.21. The maximum absolute atomic E-state index is 12.7. The normalized spacial score (nSPS) is 12.0. The lowest BCUT2D eigenvalue weighted by atomic mass is 9.89. The Bertz CT molecular complexity index is 1120. The molecule has 1 heterocycles. The summed E-state index contributed by atoms with van der Waals surface area (Å²) in [5.74, 6) is 0.525. The van der Waals surface area contributed by atoms with E-state index in [1.807, 2.05) is 44.2 Å². The standard InChI is InChI=1S/C27H32O5/c1-6-7-8-9-19-10-12-20(13-11-19)23-16-21-14-15-22(17-24(21)31-25(23)29)32-27(4,5)26(2,3)30-18-28/h10-18H,6-9H2,1-5H3. The summed E-state index contributed by atoms with van der Waals surface area (Å²) in [6, 6.07) is 15.3. The van der Waals surface area contributed by atoms with Crippen LogP contribution in [0.4, 0.5) is 0 Å². The first-order valence-corrected chi connectivity index (χ1v) is 11.1. The van der Waals surface area contributed by atoms with Crippen LogP contribution in [0.5, 0.6) is 5.75 Å². The van der Waals surface area contributed by atoms with Crippen LogP contribution in [0, 0.1) is 0 Å². The average molecular weight is 437 g/mol. The van der Waals surface area contributed by atoms with Crippen LogP contribution in [-0.4, -0.2) is 17.7 Å². The van der Waals surface area contributed by atoms with Crippen LogP contribution < -0.4 is 10.4 Å². The van der Waals surface area contributed by atoms with E-state index in [-0.39, 0.29) is 0 Å². The number of carbonyl (C=O) groups is 1. The average Bonchev–Trinajstić information content (AvgIpc) is 2.73. The van der Waals surface area contributed by atoms with Gasteiger partial charge in [0, 0.05) is 11.5 Å². The zero-order valence-electron chi connectivity index (χ0n) is 19.6. The third-order valence-corrected chi connectivity index (χ3v) is 6.21. The summed E-state index contributed by atoms with van der Waals surface area (Å²) < 4.78 is 16.9. The number of aryl methyl sites for hydroxylation is 1. The van der Waals surface area contributed by atoms with E-state index in [2.05, 4.69) is 19.1 Å². The van der Waals surface area contributed by atoms with Gasteiger partial charge in [0.25, 0.3) is 6.47 Å². The summed E-state index contributed by atoms with van der Waals surface area (Å²) in [4.78, 5) is 23.5. The number of carbonyl (C=O) groups excluding carboxylic acids is 1. The topological polar surface area (TPSA) is 65.7 Å². The smallest absolute Gasteiger partial charge is 0.344 e. The van der Waals surface area contributed by atoms with Crippen LogP contribution in [0.3, 0.4) is 0 Å². The fourth-order valence-corrected chi connectivity index (χ4v) is 3.47. The van der Waals surface area contributed by atoms with E-state index in [1.165, 1.54) is 24.8 Å². The van der Waals surface area contributed by atoms with Crippen molar-refractivity contribution in [1.29, 1.82) is 0 Å². The minimum Gasteiger partial charge on any atom is -0.484 e. The molecule has 0 saturated carbocycles. The SMILES string of the molecule is CCCCCc1ccc(-c2cc3ccc(OC(C)(C)C(C)(C)OC=O)cc3oc2=O)cc1. The van der Waals surface area contributed by atoms with Crippen molar-refractivity contribution in [1.82, 2.24) is 0 Å². The number of ether oxygens (including phenoxy) is 2. The van der Waals surface area contributed by atoms with Gasteiger partial charge in [-0.1, -0.05) is 44.0 Å². The van der Waals surface area contributed by atoms with Crippen molar-refractivity contribution >= 4 is 17.4 Å². The third kappa shape index (κ3) is 5.21. The molecule has 0 aliphatic heterocycles. The van der Waals surface area contributed by atoms with E-state index in [9.17, 15) is 9.59 Å². The summed E-state index contributed by atoms with van der Waals surface area (Å²) in [7, 11) is 0. The molecule has 32 heavy (non-hydrogen) atoms. The van der Waals surface area contributed by atoms with Gasteiger partial charge in [-0.05, 0) is 69.9 Å². The van der Waals surface area contributed by atoms with Crippen molar-refractivity contribution in [3.05, 3.63) is 64.5 Å². The van der Waals surface area contributed by atoms with E-state index in [4.69, 9.17) is 13.9 Å². The van der Waals surface area contributed by atoms with Crippen LogP contribution in [0.1, 0.15) is 59.4 Å². The highest BCUT2D eigenvalue weighted by atomic mass is 16.6. The molecule has 0 fully saturated rings. The summed E-state index contributed by atoms with van der Waals surface area (Å²) in [6.45, 7) is 9.86. The maximum atomic E-state index is 12.7. The Morgan fingerprint density at radius 1 is 0.938 bits per heavy atom. The highest BCUT2D eigenvalue weighted by molar-refractivity contribution is 5.82. The van der Waals surface area contributed by atoms with E-state index in [0.29, 0.717) is 23.4 Å². The number of fused-ring (bicyclic) bond motifs is 1. The monoisotopic (exact) mass is 436 g/mol. The van der Waals surface area contributed by atoms with E-state index < -0.39 is 16.8 Å². The van der Waals surface area contributed by atoms with Gasteiger partial charge in [-0.2, -0.15) is 0 Å². The molecule has 5 heteroatoms. The molecule has 0 aliphatic rings. The van der Waals surface area contributed by atoms with Gasteiger partial charge in [0.15, 0.2) is 0 Å². The van der Waals surface area contributed by atoms with Gasteiger partial charge in [0.1, 0.15) is 22.5 Å². The van der Waals surface area contributed by atoms with Crippen molar-refractivity contribution in [3.63, 3.8) is 0 Å². The molecule has 0 saturated heterocycles. The zero-order chi connectivity index (χ0) is 23.4. The maximum Gasteiger partial charge on any atom is 0.344 e. The Labute approximate surface area is 189 Å². The molecule has 0 N–H and O–H groups in total. The van der Waals surface area contributed by atoms with Crippen LogP contribution in [0.25, 0.3) is 22.1 Å². The van der Waals surface area contributed by atoms with Gasteiger partial charge in [0.2, 0.25) is 0 Å². The molecule has 0 amide bonds. The number of rotatable bonds is 10. The molecule has 2 aromatic carbocycles. The molecule has 3 rings (SSSR count). The molecule has 0 unspecified atom stereocenters. The first kappa shape index (κ1) is 23.6. The first-order chi connectivity index (χ1) is 15.2. The fourth-order valence-electron chi connectivity index (χ4n) is 3.47. The van der Waals surface area contributed by atoms with E-state index >= 15 is 0 Å². The molecular weight excluding hydrogens is 404 g/mol. The molecule has 3 aromatic rings. The number of benzene rings is 2. The van der Waals surface area contributed by atoms with Crippen molar-refractivity contribution in [2.24, 2.45) is 0 Å². The fraction of sp³-hybridized carbons (Fsp3) is 0.407. The number of hydrogen-bond donors (Lipinski definition) is 0.